The molecule has 0 bridgehead atoms. The summed E-state index contributed by atoms with van der Waals surface area (Å²) in [4.78, 5) is 12.3. The number of hydrogen-bond acceptors (Lipinski definition) is 5. The van der Waals surface area contributed by atoms with Crippen LogP contribution < -0.4 is 10.2 Å². The SMILES string of the molecule is C=CCc1cc(/C=N\NC(=O)c2cc3cc(Br)ccc3o2)cc(OCC)c1O. The first-order valence-corrected chi connectivity index (χ1v) is 9.43. The molecule has 3 aromatic rings. The average molecular weight is 443 g/mol. The Kier molecular flexibility index (Phi) is 6.16. The van der Waals surface area contributed by atoms with Gasteiger partial charge in [0.2, 0.25) is 0 Å². The van der Waals surface area contributed by atoms with Gasteiger partial charge in [0, 0.05) is 15.4 Å². The van der Waals surface area contributed by atoms with Crippen molar-refractivity contribution in [2.75, 3.05) is 6.61 Å². The lowest BCUT2D eigenvalue weighted by atomic mass is 10.1. The molecule has 28 heavy (non-hydrogen) atoms. The molecular weight excluding hydrogens is 424 g/mol. The number of benzene rings is 2. The van der Waals surface area contributed by atoms with Crippen molar-refractivity contribution in [3.63, 3.8) is 0 Å². The second kappa shape index (κ2) is 8.75. The van der Waals surface area contributed by atoms with Gasteiger partial charge in [-0.25, -0.2) is 5.43 Å². The van der Waals surface area contributed by atoms with Gasteiger partial charge in [-0.15, -0.1) is 6.58 Å². The monoisotopic (exact) mass is 442 g/mol. The summed E-state index contributed by atoms with van der Waals surface area (Å²) < 4.78 is 11.9. The third kappa shape index (κ3) is 4.43. The van der Waals surface area contributed by atoms with Crippen LogP contribution in [0.2, 0.25) is 0 Å². The van der Waals surface area contributed by atoms with Crippen molar-refractivity contribution in [1.29, 1.82) is 0 Å². The van der Waals surface area contributed by atoms with Crippen molar-refractivity contribution in [1.82, 2.24) is 5.43 Å². The van der Waals surface area contributed by atoms with Crippen LogP contribution in [0.1, 0.15) is 28.6 Å². The van der Waals surface area contributed by atoms with Crippen molar-refractivity contribution in [3.05, 3.63) is 70.4 Å². The summed E-state index contributed by atoms with van der Waals surface area (Å²) in [5.74, 6) is 0.144. The number of ether oxygens (including phenoxy) is 1. The largest absolute Gasteiger partial charge is 0.504 e. The number of aromatic hydroxyl groups is 1. The van der Waals surface area contributed by atoms with E-state index in [0.717, 1.165) is 9.86 Å². The summed E-state index contributed by atoms with van der Waals surface area (Å²) in [6, 6.07) is 10.6. The molecular formula is C21H19BrN2O4. The highest BCUT2D eigenvalue weighted by atomic mass is 79.9. The Labute approximate surface area is 170 Å². The van der Waals surface area contributed by atoms with E-state index in [0.29, 0.717) is 35.5 Å². The third-order valence-corrected chi connectivity index (χ3v) is 4.42. The molecule has 0 fully saturated rings. The van der Waals surface area contributed by atoms with Crippen LogP contribution in [-0.4, -0.2) is 23.8 Å². The topological polar surface area (TPSA) is 84.1 Å². The molecule has 1 aromatic heterocycles. The number of nitrogens with zero attached hydrogens (tertiary/aromatic N) is 1. The molecule has 0 aliphatic carbocycles. The summed E-state index contributed by atoms with van der Waals surface area (Å²) in [5, 5.41) is 15.0. The maximum atomic E-state index is 12.3. The lowest BCUT2D eigenvalue weighted by Gasteiger charge is -2.10. The minimum Gasteiger partial charge on any atom is -0.504 e. The molecule has 0 atom stereocenters. The van der Waals surface area contributed by atoms with Crippen LogP contribution in [0, 0.1) is 0 Å². The van der Waals surface area contributed by atoms with Crippen molar-refractivity contribution in [3.8, 4) is 11.5 Å². The number of phenols is 1. The minimum absolute atomic E-state index is 0.0800. The highest BCUT2D eigenvalue weighted by Crippen LogP contribution is 2.32. The number of fused-ring (bicyclic) bond motifs is 1. The first-order chi connectivity index (χ1) is 13.5. The van der Waals surface area contributed by atoms with Gasteiger partial charge < -0.3 is 14.3 Å². The molecule has 0 aliphatic rings. The van der Waals surface area contributed by atoms with Gasteiger partial charge in [-0.1, -0.05) is 22.0 Å². The van der Waals surface area contributed by atoms with E-state index in [1.807, 2.05) is 19.1 Å². The van der Waals surface area contributed by atoms with Crippen molar-refractivity contribution < 1.29 is 19.1 Å². The Bertz CT molecular complexity index is 1060. The van der Waals surface area contributed by atoms with Crippen LogP contribution in [0.5, 0.6) is 11.5 Å². The minimum atomic E-state index is -0.460. The molecule has 0 saturated heterocycles. The standard InChI is InChI=1S/C21H19BrN2O4/c1-3-5-14-8-13(9-18(20(14)25)27-4-2)12-23-24-21(26)19-11-15-10-16(22)6-7-17(15)28-19/h3,6-12,25H,1,4-5H2,2H3,(H,24,26)/b23-12-. The second-order valence-electron chi connectivity index (χ2n) is 5.94. The molecule has 144 valence electrons. The van der Waals surface area contributed by atoms with Crippen LogP contribution in [0.25, 0.3) is 11.0 Å². The molecule has 0 saturated carbocycles. The third-order valence-electron chi connectivity index (χ3n) is 3.92. The average Bonchev–Trinajstić information content (AvgIpc) is 3.09. The Morgan fingerprint density at radius 2 is 2.18 bits per heavy atom. The number of hydrazone groups is 1. The Morgan fingerprint density at radius 1 is 1.36 bits per heavy atom. The summed E-state index contributed by atoms with van der Waals surface area (Å²) in [7, 11) is 0. The van der Waals surface area contributed by atoms with Crippen LogP contribution in [0.15, 0.2) is 63.0 Å². The fourth-order valence-corrected chi connectivity index (χ4v) is 3.07. The zero-order chi connectivity index (χ0) is 20.1. The number of rotatable bonds is 7. The number of allylic oxidation sites excluding steroid dienone is 1. The van der Waals surface area contributed by atoms with Crippen LogP contribution in [0.4, 0.5) is 0 Å². The van der Waals surface area contributed by atoms with Gasteiger partial charge in [0.15, 0.2) is 17.3 Å². The highest BCUT2D eigenvalue weighted by Gasteiger charge is 2.12. The molecule has 0 spiro atoms. The number of furan rings is 1. The maximum absolute atomic E-state index is 12.3. The van der Waals surface area contributed by atoms with Gasteiger partial charge in [-0.05, 0) is 55.3 Å². The van der Waals surface area contributed by atoms with E-state index in [4.69, 9.17) is 9.15 Å². The van der Waals surface area contributed by atoms with E-state index >= 15 is 0 Å². The molecule has 0 radical (unpaired) electrons. The van der Waals surface area contributed by atoms with E-state index < -0.39 is 5.91 Å². The zero-order valence-corrected chi connectivity index (χ0v) is 16.8. The van der Waals surface area contributed by atoms with Gasteiger partial charge in [-0.2, -0.15) is 5.10 Å². The Balaban J connectivity index is 1.77. The smallest absolute Gasteiger partial charge is 0.307 e. The van der Waals surface area contributed by atoms with Crippen molar-refractivity contribution in [2.45, 2.75) is 13.3 Å². The normalized spacial score (nSPS) is 11.1. The molecule has 1 amide bonds. The highest BCUT2D eigenvalue weighted by molar-refractivity contribution is 9.10. The van der Waals surface area contributed by atoms with E-state index in [2.05, 4.69) is 33.0 Å². The van der Waals surface area contributed by atoms with Gasteiger partial charge in [0.25, 0.3) is 0 Å². The Morgan fingerprint density at radius 3 is 2.93 bits per heavy atom. The van der Waals surface area contributed by atoms with E-state index in [1.165, 1.54) is 6.21 Å². The summed E-state index contributed by atoms with van der Waals surface area (Å²) in [6.07, 6.45) is 3.65. The first kappa shape index (κ1) is 19.7. The quantitative estimate of drug-likeness (QED) is 0.312. The van der Waals surface area contributed by atoms with Gasteiger partial charge in [0.05, 0.1) is 12.8 Å². The number of amides is 1. The first-order valence-electron chi connectivity index (χ1n) is 8.64. The molecule has 7 heteroatoms. The lowest BCUT2D eigenvalue weighted by molar-refractivity contribution is 0.0929. The number of phenolic OH excluding ortho intramolecular Hbond substituents is 1. The second-order valence-corrected chi connectivity index (χ2v) is 6.86. The molecule has 2 aromatic carbocycles. The van der Waals surface area contributed by atoms with Crippen molar-refractivity contribution in [2.24, 2.45) is 5.10 Å². The van der Waals surface area contributed by atoms with E-state index in [9.17, 15) is 9.90 Å². The number of nitrogens with one attached hydrogen (secondary N) is 1. The van der Waals surface area contributed by atoms with E-state index in [-0.39, 0.29) is 11.5 Å². The number of hydrogen-bond donors (Lipinski definition) is 2. The van der Waals surface area contributed by atoms with Crippen LogP contribution >= 0.6 is 15.9 Å². The van der Waals surface area contributed by atoms with Gasteiger partial charge >= 0.3 is 5.91 Å². The maximum Gasteiger partial charge on any atom is 0.307 e. The van der Waals surface area contributed by atoms with Gasteiger partial charge in [-0.3, -0.25) is 4.79 Å². The predicted octanol–water partition coefficient (Wildman–Crippen LogP) is 4.79. The summed E-state index contributed by atoms with van der Waals surface area (Å²) in [5.41, 5.74) is 4.40. The predicted molar refractivity (Wildman–Crippen MR) is 112 cm³/mol. The van der Waals surface area contributed by atoms with Crippen molar-refractivity contribution >= 4 is 39.0 Å². The molecule has 6 nitrogen and oxygen atoms in total. The Hall–Kier alpha value is -3.06. The zero-order valence-electron chi connectivity index (χ0n) is 15.2. The molecule has 2 N–H and O–H groups in total. The molecule has 0 unspecified atom stereocenters. The fourth-order valence-electron chi connectivity index (χ4n) is 2.69. The van der Waals surface area contributed by atoms with E-state index in [1.54, 1.807) is 30.3 Å². The molecule has 0 aliphatic heterocycles. The molecule has 1 heterocycles. The van der Waals surface area contributed by atoms with Crippen LogP contribution in [0.3, 0.4) is 0 Å². The molecule has 3 rings (SSSR count). The van der Waals surface area contributed by atoms with Crippen LogP contribution in [-0.2, 0) is 6.42 Å². The lowest BCUT2D eigenvalue weighted by Crippen LogP contribution is -2.16. The number of halogens is 1. The number of carbonyl (C=O) groups is 1. The van der Waals surface area contributed by atoms with Gasteiger partial charge in [0.1, 0.15) is 5.58 Å². The summed E-state index contributed by atoms with van der Waals surface area (Å²) >= 11 is 3.39. The summed E-state index contributed by atoms with van der Waals surface area (Å²) in [6.45, 7) is 5.94. The number of carbonyl (C=O) groups excluding carboxylic acids is 1. The fraction of sp³-hybridized carbons (Fsp3) is 0.143.